The summed E-state index contributed by atoms with van der Waals surface area (Å²) in [5.41, 5.74) is 3.03. The number of fused-ring (bicyclic) bond motifs is 1. The van der Waals surface area contributed by atoms with Gasteiger partial charge in [-0.25, -0.2) is 0 Å². The van der Waals surface area contributed by atoms with E-state index in [0.29, 0.717) is 6.42 Å². The summed E-state index contributed by atoms with van der Waals surface area (Å²) in [4.78, 5) is 11.4. The van der Waals surface area contributed by atoms with Crippen molar-refractivity contribution >= 4 is 5.78 Å². The van der Waals surface area contributed by atoms with Crippen molar-refractivity contribution in [3.05, 3.63) is 47.5 Å². The van der Waals surface area contributed by atoms with E-state index in [0.717, 1.165) is 23.1 Å². The topological polar surface area (TPSA) is 17.1 Å². The van der Waals surface area contributed by atoms with Crippen LogP contribution in [0.5, 0.6) is 0 Å². The molecular weight excluding hydrogens is 172 g/mol. The van der Waals surface area contributed by atoms with Crippen LogP contribution < -0.4 is 0 Å². The number of ketones is 1. The molecule has 1 nitrogen and oxygen atoms in total. The Morgan fingerprint density at radius 2 is 1.79 bits per heavy atom. The van der Waals surface area contributed by atoms with E-state index >= 15 is 0 Å². The first-order chi connectivity index (χ1) is 6.77. The van der Waals surface area contributed by atoms with Crippen LogP contribution in [0.2, 0.25) is 0 Å². The van der Waals surface area contributed by atoms with Gasteiger partial charge < -0.3 is 0 Å². The molecule has 0 amide bonds. The summed E-state index contributed by atoms with van der Waals surface area (Å²) in [5.74, 6) is 0.210. The molecule has 2 rings (SSSR count). The van der Waals surface area contributed by atoms with Gasteiger partial charge in [-0.05, 0) is 12.0 Å². The molecule has 0 fully saturated rings. The van der Waals surface area contributed by atoms with Crippen molar-refractivity contribution in [2.75, 3.05) is 0 Å². The molecule has 0 saturated carbocycles. The molecule has 74 valence electrons. The van der Waals surface area contributed by atoms with E-state index in [-0.39, 0.29) is 5.78 Å². The lowest BCUT2D eigenvalue weighted by atomic mass is 9.88. The largest absolute Gasteiger partial charge is 0.294 e. The lowest BCUT2D eigenvalue weighted by Crippen LogP contribution is -2.11. The maximum absolute atomic E-state index is 11.4. The molecule has 0 radical (unpaired) electrons. The Morgan fingerprint density at radius 1 is 1.14 bits per heavy atom. The van der Waals surface area contributed by atoms with Crippen LogP contribution in [0, 0.1) is 0 Å². The predicted octanol–water partition coefficient (Wildman–Crippen LogP) is 3.40. The van der Waals surface area contributed by atoms with E-state index in [2.05, 4.69) is 6.58 Å². The first-order valence-corrected chi connectivity index (χ1v) is 5.05. The van der Waals surface area contributed by atoms with E-state index in [1.54, 1.807) is 0 Å². The highest BCUT2D eigenvalue weighted by Gasteiger charge is 2.17. The molecule has 0 atom stereocenters. The Labute approximate surface area is 85.5 Å². The highest BCUT2D eigenvalue weighted by atomic mass is 16.1. The SMILES string of the molecule is C=C1CC(=O)c2ccccc2C1.CC. The van der Waals surface area contributed by atoms with Gasteiger partial charge in [-0.3, -0.25) is 4.79 Å². The van der Waals surface area contributed by atoms with Gasteiger partial charge in [0, 0.05) is 12.0 Å². The van der Waals surface area contributed by atoms with Crippen molar-refractivity contribution in [1.29, 1.82) is 0 Å². The fraction of sp³-hybridized carbons (Fsp3) is 0.308. The molecule has 1 heteroatoms. The summed E-state index contributed by atoms with van der Waals surface area (Å²) in [6.07, 6.45) is 1.39. The van der Waals surface area contributed by atoms with Crippen molar-refractivity contribution < 1.29 is 4.79 Å². The van der Waals surface area contributed by atoms with Crippen LogP contribution in [0.15, 0.2) is 36.4 Å². The van der Waals surface area contributed by atoms with E-state index < -0.39 is 0 Å². The third-order valence-electron chi connectivity index (χ3n) is 2.17. The standard InChI is InChI=1S/C11H10O.C2H6/c1-8-6-9-4-2-3-5-10(9)11(12)7-8;1-2/h2-5H,1,6-7H2;1-2H3. The summed E-state index contributed by atoms with van der Waals surface area (Å²) in [6.45, 7) is 7.84. The minimum atomic E-state index is 0.210. The van der Waals surface area contributed by atoms with Crippen molar-refractivity contribution in [1.82, 2.24) is 0 Å². The molecule has 1 aromatic rings. The lowest BCUT2D eigenvalue weighted by molar-refractivity contribution is 0.0987. The van der Waals surface area contributed by atoms with Crippen LogP contribution in [0.1, 0.15) is 36.2 Å². The number of hydrogen-bond donors (Lipinski definition) is 0. The number of allylic oxidation sites excluding steroid dienone is 1. The normalized spacial score (nSPS) is 14.1. The maximum atomic E-state index is 11.4. The number of carbonyl (C=O) groups is 1. The van der Waals surface area contributed by atoms with Crippen molar-refractivity contribution in [2.45, 2.75) is 26.7 Å². The van der Waals surface area contributed by atoms with Crippen LogP contribution in [0.25, 0.3) is 0 Å². The Balaban J connectivity index is 0.000000461. The van der Waals surface area contributed by atoms with Crippen LogP contribution in [0.3, 0.4) is 0 Å². The summed E-state index contributed by atoms with van der Waals surface area (Å²) < 4.78 is 0. The first kappa shape index (κ1) is 10.7. The molecule has 0 N–H and O–H groups in total. The summed E-state index contributed by atoms with van der Waals surface area (Å²) in [7, 11) is 0. The summed E-state index contributed by atoms with van der Waals surface area (Å²) >= 11 is 0. The van der Waals surface area contributed by atoms with Gasteiger partial charge in [0.2, 0.25) is 0 Å². The van der Waals surface area contributed by atoms with Crippen molar-refractivity contribution in [3.8, 4) is 0 Å². The van der Waals surface area contributed by atoms with Gasteiger partial charge in [-0.2, -0.15) is 0 Å². The van der Waals surface area contributed by atoms with Crippen LogP contribution >= 0.6 is 0 Å². The van der Waals surface area contributed by atoms with E-state index in [9.17, 15) is 4.79 Å². The molecule has 0 saturated heterocycles. The van der Waals surface area contributed by atoms with Crippen molar-refractivity contribution in [2.24, 2.45) is 0 Å². The second kappa shape index (κ2) is 4.75. The van der Waals surface area contributed by atoms with E-state index in [1.165, 1.54) is 0 Å². The summed E-state index contributed by atoms with van der Waals surface area (Å²) in [5, 5.41) is 0. The minimum Gasteiger partial charge on any atom is -0.294 e. The smallest absolute Gasteiger partial charge is 0.167 e. The van der Waals surface area contributed by atoms with E-state index in [1.807, 2.05) is 38.1 Å². The van der Waals surface area contributed by atoms with Crippen LogP contribution in [0.4, 0.5) is 0 Å². The van der Waals surface area contributed by atoms with E-state index in [4.69, 9.17) is 0 Å². The molecule has 0 aliphatic heterocycles. The third kappa shape index (κ3) is 2.11. The Bertz CT molecular complexity index is 350. The Hall–Kier alpha value is -1.37. The van der Waals surface area contributed by atoms with Gasteiger partial charge in [0.15, 0.2) is 5.78 Å². The molecule has 0 bridgehead atoms. The number of Topliss-reactive ketones (excluding diaryl/α,β-unsaturated/α-hetero) is 1. The molecule has 1 aromatic carbocycles. The molecule has 1 aliphatic carbocycles. The number of benzene rings is 1. The summed E-state index contributed by atoms with van der Waals surface area (Å²) in [6, 6.07) is 7.76. The van der Waals surface area contributed by atoms with Gasteiger partial charge in [0.05, 0.1) is 0 Å². The third-order valence-corrected chi connectivity index (χ3v) is 2.17. The molecule has 14 heavy (non-hydrogen) atoms. The van der Waals surface area contributed by atoms with Crippen LogP contribution in [-0.4, -0.2) is 5.78 Å². The molecule has 0 heterocycles. The van der Waals surface area contributed by atoms with Gasteiger partial charge in [-0.1, -0.05) is 50.3 Å². The van der Waals surface area contributed by atoms with Gasteiger partial charge in [0.1, 0.15) is 0 Å². The Morgan fingerprint density at radius 3 is 2.50 bits per heavy atom. The van der Waals surface area contributed by atoms with Gasteiger partial charge >= 0.3 is 0 Å². The number of hydrogen-bond acceptors (Lipinski definition) is 1. The monoisotopic (exact) mass is 188 g/mol. The number of rotatable bonds is 0. The van der Waals surface area contributed by atoms with Gasteiger partial charge in [0.25, 0.3) is 0 Å². The minimum absolute atomic E-state index is 0.210. The van der Waals surface area contributed by atoms with Gasteiger partial charge in [-0.15, -0.1) is 0 Å². The molecular formula is C13H16O. The highest BCUT2D eigenvalue weighted by molar-refractivity contribution is 6.00. The first-order valence-electron chi connectivity index (χ1n) is 5.05. The molecule has 0 spiro atoms. The predicted molar refractivity (Wildman–Crippen MR) is 59.6 cm³/mol. The van der Waals surface area contributed by atoms with Crippen molar-refractivity contribution in [3.63, 3.8) is 0 Å². The fourth-order valence-corrected chi connectivity index (χ4v) is 1.60. The number of carbonyl (C=O) groups excluding carboxylic acids is 1. The Kier molecular flexibility index (Phi) is 3.63. The second-order valence-corrected chi connectivity index (χ2v) is 3.18. The average Bonchev–Trinajstić information content (AvgIpc) is 2.20. The second-order valence-electron chi connectivity index (χ2n) is 3.18. The van der Waals surface area contributed by atoms with Crippen LogP contribution in [-0.2, 0) is 6.42 Å². The average molecular weight is 188 g/mol. The zero-order chi connectivity index (χ0) is 10.6. The zero-order valence-corrected chi connectivity index (χ0v) is 8.84. The lowest BCUT2D eigenvalue weighted by Gasteiger charge is -2.15. The maximum Gasteiger partial charge on any atom is 0.167 e. The molecule has 1 aliphatic rings. The molecule has 0 unspecified atom stereocenters. The fourth-order valence-electron chi connectivity index (χ4n) is 1.60. The highest BCUT2D eigenvalue weighted by Crippen LogP contribution is 2.23. The molecule has 0 aromatic heterocycles. The quantitative estimate of drug-likeness (QED) is 0.570. The zero-order valence-electron chi connectivity index (χ0n) is 8.84.